The van der Waals surface area contributed by atoms with E-state index in [1.807, 2.05) is 50.2 Å². The molecule has 3 aromatic carbocycles. The number of amides is 1. The standard InChI is InChI=1S/C28H26FNO3/c1-4-19-6-12-22(13-7-19)30-28(31)14-18(3)23-15-24-25(20-8-10-21(29)11-9-20)17-33-27(24)16-26(23)32-5-2/h6-17H,4-5H2,1-3H3,(H,30,31)/b18-14+. The molecule has 4 rings (SSSR count). The number of carbonyl (C=O) groups excluding carboxylic acids is 1. The zero-order valence-electron chi connectivity index (χ0n) is 18.9. The van der Waals surface area contributed by atoms with Gasteiger partial charge in [-0.15, -0.1) is 0 Å². The number of furan rings is 1. The van der Waals surface area contributed by atoms with Crippen molar-refractivity contribution in [1.29, 1.82) is 0 Å². The number of hydrogen-bond donors (Lipinski definition) is 1. The van der Waals surface area contributed by atoms with Gasteiger partial charge in [-0.1, -0.05) is 31.2 Å². The summed E-state index contributed by atoms with van der Waals surface area (Å²) in [6, 6.07) is 17.9. The fourth-order valence-corrected chi connectivity index (χ4v) is 3.77. The van der Waals surface area contributed by atoms with Crippen molar-refractivity contribution < 1.29 is 18.3 Å². The van der Waals surface area contributed by atoms with E-state index in [2.05, 4.69) is 12.2 Å². The molecule has 0 atom stereocenters. The Morgan fingerprint density at radius 3 is 2.45 bits per heavy atom. The van der Waals surface area contributed by atoms with Gasteiger partial charge in [0.25, 0.3) is 0 Å². The molecule has 1 heterocycles. The van der Waals surface area contributed by atoms with Crippen LogP contribution in [0.15, 0.2) is 77.4 Å². The normalized spacial score (nSPS) is 11.6. The molecule has 1 N–H and O–H groups in total. The number of carbonyl (C=O) groups is 1. The maximum absolute atomic E-state index is 13.4. The maximum Gasteiger partial charge on any atom is 0.248 e. The smallest absolute Gasteiger partial charge is 0.248 e. The molecule has 0 fully saturated rings. The second kappa shape index (κ2) is 9.74. The largest absolute Gasteiger partial charge is 0.493 e. The van der Waals surface area contributed by atoms with E-state index >= 15 is 0 Å². The maximum atomic E-state index is 13.4. The first-order chi connectivity index (χ1) is 16.0. The Labute approximate surface area is 192 Å². The minimum Gasteiger partial charge on any atom is -0.493 e. The summed E-state index contributed by atoms with van der Waals surface area (Å²) in [5.74, 6) is 0.129. The first kappa shape index (κ1) is 22.3. The third kappa shape index (κ3) is 4.98. The van der Waals surface area contributed by atoms with Crippen LogP contribution in [0.5, 0.6) is 5.75 Å². The molecule has 4 aromatic rings. The van der Waals surface area contributed by atoms with Crippen molar-refractivity contribution in [2.45, 2.75) is 27.2 Å². The number of anilines is 1. The highest BCUT2D eigenvalue weighted by Gasteiger charge is 2.15. The Morgan fingerprint density at radius 2 is 1.79 bits per heavy atom. The van der Waals surface area contributed by atoms with E-state index in [1.165, 1.54) is 17.7 Å². The van der Waals surface area contributed by atoms with Crippen molar-refractivity contribution in [3.05, 3.63) is 89.9 Å². The Bertz CT molecular complexity index is 1300. The highest BCUT2D eigenvalue weighted by molar-refractivity contribution is 6.05. The molecule has 4 nitrogen and oxygen atoms in total. The highest BCUT2D eigenvalue weighted by atomic mass is 19.1. The van der Waals surface area contributed by atoms with Gasteiger partial charge in [-0.2, -0.15) is 0 Å². The molecule has 0 unspecified atom stereocenters. The molecule has 1 amide bonds. The van der Waals surface area contributed by atoms with Gasteiger partial charge in [-0.25, -0.2) is 4.39 Å². The van der Waals surface area contributed by atoms with Gasteiger partial charge in [-0.3, -0.25) is 4.79 Å². The Morgan fingerprint density at radius 1 is 1.06 bits per heavy atom. The fourth-order valence-electron chi connectivity index (χ4n) is 3.77. The summed E-state index contributed by atoms with van der Waals surface area (Å²) in [7, 11) is 0. The van der Waals surface area contributed by atoms with E-state index in [-0.39, 0.29) is 11.7 Å². The van der Waals surface area contributed by atoms with Crippen molar-refractivity contribution >= 4 is 28.1 Å². The molecule has 0 spiro atoms. The third-order valence-corrected chi connectivity index (χ3v) is 5.53. The number of nitrogens with one attached hydrogen (secondary N) is 1. The van der Waals surface area contributed by atoms with Crippen LogP contribution >= 0.6 is 0 Å². The molecular weight excluding hydrogens is 417 g/mol. The van der Waals surface area contributed by atoms with Crippen molar-refractivity contribution in [2.24, 2.45) is 0 Å². The number of halogens is 1. The van der Waals surface area contributed by atoms with Crippen LogP contribution in [-0.4, -0.2) is 12.5 Å². The average molecular weight is 444 g/mol. The van der Waals surface area contributed by atoms with E-state index in [0.717, 1.165) is 39.8 Å². The van der Waals surface area contributed by atoms with Gasteiger partial charge in [-0.05, 0) is 67.3 Å². The quantitative estimate of drug-likeness (QED) is 0.306. The minimum atomic E-state index is -0.292. The molecule has 0 aliphatic carbocycles. The molecule has 0 aliphatic rings. The molecule has 168 valence electrons. The van der Waals surface area contributed by atoms with Crippen molar-refractivity contribution in [3.8, 4) is 16.9 Å². The van der Waals surface area contributed by atoms with Gasteiger partial charge in [0.1, 0.15) is 17.1 Å². The van der Waals surface area contributed by atoms with Crippen LogP contribution in [-0.2, 0) is 11.2 Å². The molecule has 0 aliphatic heterocycles. The Kier molecular flexibility index (Phi) is 6.59. The second-order valence-electron chi connectivity index (χ2n) is 7.80. The van der Waals surface area contributed by atoms with E-state index in [4.69, 9.17) is 9.15 Å². The second-order valence-corrected chi connectivity index (χ2v) is 7.80. The lowest BCUT2D eigenvalue weighted by atomic mass is 9.99. The highest BCUT2D eigenvalue weighted by Crippen LogP contribution is 2.37. The summed E-state index contributed by atoms with van der Waals surface area (Å²) in [5, 5.41) is 3.77. The number of benzene rings is 3. The molecule has 0 radical (unpaired) electrons. The van der Waals surface area contributed by atoms with Gasteiger partial charge < -0.3 is 14.5 Å². The number of ether oxygens (including phenoxy) is 1. The SMILES string of the molecule is CCOc1cc2occ(-c3ccc(F)cc3)c2cc1/C(C)=C/C(=O)Nc1ccc(CC)cc1. The lowest BCUT2D eigenvalue weighted by Gasteiger charge is -2.12. The number of aryl methyl sites for hydroxylation is 1. The van der Waals surface area contributed by atoms with E-state index in [9.17, 15) is 9.18 Å². The van der Waals surface area contributed by atoms with Gasteiger partial charge in [0.05, 0.1) is 12.9 Å². The van der Waals surface area contributed by atoms with Crippen LogP contribution in [0.1, 0.15) is 31.9 Å². The van der Waals surface area contributed by atoms with E-state index < -0.39 is 0 Å². The average Bonchev–Trinajstić information content (AvgIpc) is 3.22. The number of fused-ring (bicyclic) bond motifs is 1. The number of rotatable bonds is 7. The Hall–Kier alpha value is -3.86. The summed E-state index contributed by atoms with van der Waals surface area (Å²) >= 11 is 0. The minimum absolute atomic E-state index is 0.217. The van der Waals surface area contributed by atoms with Crippen LogP contribution in [0.4, 0.5) is 10.1 Å². The lowest BCUT2D eigenvalue weighted by Crippen LogP contribution is -2.08. The number of allylic oxidation sites excluding steroid dienone is 1. The summed E-state index contributed by atoms with van der Waals surface area (Å²) in [6.45, 7) is 6.36. The predicted molar refractivity (Wildman–Crippen MR) is 131 cm³/mol. The zero-order valence-corrected chi connectivity index (χ0v) is 18.9. The molecule has 5 heteroatoms. The van der Waals surface area contributed by atoms with Crippen molar-refractivity contribution in [1.82, 2.24) is 0 Å². The summed E-state index contributed by atoms with van der Waals surface area (Å²) < 4.78 is 25.0. The van der Waals surface area contributed by atoms with Crippen LogP contribution < -0.4 is 10.1 Å². The van der Waals surface area contributed by atoms with E-state index in [0.29, 0.717) is 17.9 Å². The lowest BCUT2D eigenvalue weighted by molar-refractivity contribution is -0.111. The molecule has 0 saturated carbocycles. The fraction of sp³-hybridized carbons (Fsp3) is 0.179. The van der Waals surface area contributed by atoms with Gasteiger partial charge in [0.2, 0.25) is 5.91 Å². The monoisotopic (exact) mass is 443 g/mol. The molecular formula is C28H26FNO3. The van der Waals surface area contributed by atoms with Crippen molar-refractivity contribution in [3.63, 3.8) is 0 Å². The Balaban J connectivity index is 1.69. The van der Waals surface area contributed by atoms with Crippen LogP contribution in [0, 0.1) is 5.82 Å². The van der Waals surface area contributed by atoms with Gasteiger partial charge >= 0.3 is 0 Å². The first-order valence-electron chi connectivity index (χ1n) is 11.0. The van der Waals surface area contributed by atoms with Crippen LogP contribution in [0.25, 0.3) is 27.7 Å². The van der Waals surface area contributed by atoms with E-state index in [1.54, 1.807) is 24.5 Å². The third-order valence-electron chi connectivity index (χ3n) is 5.53. The molecule has 0 bridgehead atoms. The predicted octanol–water partition coefficient (Wildman–Crippen LogP) is 7.24. The summed E-state index contributed by atoms with van der Waals surface area (Å²) in [4.78, 5) is 12.7. The molecule has 0 saturated heterocycles. The van der Waals surface area contributed by atoms with Gasteiger partial charge in [0.15, 0.2) is 0 Å². The van der Waals surface area contributed by atoms with Gasteiger partial charge in [0, 0.05) is 34.3 Å². The molecule has 33 heavy (non-hydrogen) atoms. The summed E-state index contributed by atoms with van der Waals surface area (Å²) in [6.07, 6.45) is 4.17. The van der Waals surface area contributed by atoms with Crippen LogP contribution in [0.2, 0.25) is 0 Å². The summed E-state index contributed by atoms with van der Waals surface area (Å²) in [5.41, 5.74) is 5.87. The zero-order chi connectivity index (χ0) is 23.4. The molecule has 1 aromatic heterocycles. The topological polar surface area (TPSA) is 51.5 Å². The van der Waals surface area contributed by atoms with Crippen LogP contribution in [0.3, 0.4) is 0 Å². The van der Waals surface area contributed by atoms with Crippen molar-refractivity contribution in [2.75, 3.05) is 11.9 Å². The first-order valence-corrected chi connectivity index (χ1v) is 11.0. The number of hydrogen-bond acceptors (Lipinski definition) is 3.